The molecule has 4 aromatic rings. The quantitative estimate of drug-likeness (QED) is 0.282. The predicted molar refractivity (Wildman–Crippen MR) is 123 cm³/mol. The lowest BCUT2D eigenvalue weighted by molar-refractivity contribution is -0.137. The summed E-state index contributed by atoms with van der Waals surface area (Å²) in [5, 5.41) is 3.25. The van der Waals surface area contributed by atoms with E-state index in [4.69, 9.17) is 0 Å². The Morgan fingerprint density at radius 2 is 1.79 bits per heavy atom. The Kier molecular flexibility index (Phi) is 6.37. The molecule has 1 aliphatic rings. The molecule has 5 rings (SSSR count). The van der Waals surface area contributed by atoms with Gasteiger partial charge in [-0.2, -0.15) is 13.2 Å². The molecular weight excluding hydrogens is 474 g/mol. The first-order valence-electron chi connectivity index (χ1n) is 10.4. The van der Waals surface area contributed by atoms with Crippen LogP contribution in [0.2, 0.25) is 0 Å². The fourth-order valence-electron chi connectivity index (χ4n) is 4.04. The van der Waals surface area contributed by atoms with Gasteiger partial charge in [0, 0.05) is 49.2 Å². The molecule has 1 aliphatic heterocycles. The first kappa shape index (κ1) is 23.8. The zero-order valence-electron chi connectivity index (χ0n) is 17.7. The number of halogens is 5. The van der Waals surface area contributed by atoms with Crippen molar-refractivity contribution in [3.05, 3.63) is 71.2 Å². The minimum atomic E-state index is -4.65. The molecule has 2 aromatic heterocycles. The van der Waals surface area contributed by atoms with E-state index in [0.717, 1.165) is 44.0 Å². The number of imidazole rings is 1. The molecule has 2 aromatic carbocycles. The Bertz CT molecular complexity index is 1340. The molecule has 0 spiro atoms. The molecule has 0 aliphatic carbocycles. The van der Waals surface area contributed by atoms with E-state index >= 15 is 0 Å². The van der Waals surface area contributed by atoms with E-state index in [2.05, 4.69) is 25.2 Å². The average Bonchev–Trinajstić information content (AvgIpc) is 3.46. The second kappa shape index (κ2) is 9.11. The van der Waals surface area contributed by atoms with Crippen LogP contribution in [-0.2, 0) is 6.18 Å². The first-order chi connectivity index (χ1) is 15.8. The summed E-state index contributed by atoms with van der Waals surface area (Å²) in [5.74, 6) is -0.969. The summed E-state index contributed by atoms with van der Waals surface area (Å²) in [7, 11) is 0. The van der Waals surface area contributed by atoms with Crippen molar-refractivity contribution >= 4 is 34.9 Å². The highest BCUT2D eigenvalue weighted by Gasteiger charge is 2.35. The summed E-state index contributed by atoms with van der Waals surface area (Å²) in [6.45, 7) is 3.14. The van der Waals surface area contributed by atoms with E-state index in [1.807, 2.05) is 6.07 Å². The van der Waals surface area contributed by atoms with Crippen LogP contribution < -0.4 is 10.2 Å². The summed E-state index contributed by atoms with van der Waals surface area (Å²) in [5.41, 5.74) is 0.349. The van der Waals surface area contributed by atoms with Crippen LogP contribution in [0.5, 0.6) is 0 Å². The molecule has 1 fully saturated rings. The fourth-order valence-corrected chi connectivity index (χ4v) is 4.04. The van der Waals surface area contributed by atoms with E-state index in [9.17, 15) is 22.4 Å². The highest BCUT2D eigenvalue weighted by Crippen LogP contribution is 2.33. The molecule has 0 saturated carbocycles. The van der Waals surface area contributed by atoms with Gasteiger partial charge in [-0.15, -0.1) is 12.4 Å². The van der Waals surface area contributed by atoms with Gasteiger partial charge in [0.2, 0.25) is 0 Å². The van der Waals surface area contributed by atoms with Gasteiger partial charge >= 0.3 is 6.18 Å². The van der Waals surface area contributed by atoms with Gasteiger partial charge < -0.3 is 20.2 Å². The minimum Gasteiger partial charge on any atom is -0.369 e. The van der Waals surface area contributed by atoms with E-state index in [0.29, 0.717) is 11.2 Å². The third-order valence-corrected chi connectivity index (χ3v) is 5.68. The number of rotatable bonds is 4. The number of nitrogens with one attached hydrogen (secondary N) is 3. The topological polar surface area (TPSA) is 76.8 Å². The van der Waals surface area contributed by atoms with Crippen LogP contribution in [0.3, 0.4) is 0 Å². The zero-order chi connectivity index (χ0) is 23.2. The lowest BCUT2D eigenvalue weighted by Crippen LogP contribution is -2.43. The van der Waals surface area contributed by atoms with E-state index in [1.54, 1.807) is 0 Å². The number of anilines is 1. The lowest BCUT2D eigenvalue weighted by atomic mass is 9.99. The van der Waals surface area contributed by atoms with Crippen molar-refractivity contribution < 1.29 is 22.4 Å². The number of ketones is 1. The van der Waals surface area contributed by atoms with E-state index in [-0.39, 0.29) is 29.3 Å². The number of benzene rings is 2. The number of hydrogen-bond donors (Lipinski definition) is 3. The van der Waals surface area contributed by atoms with Gasteiger partial charge in [0.25, 0.3) is 0 Å². The van der Waals surface area contributed by atoms with Crippen LogP contribution in [0.1, 0.15) is 21.5 Å². The number of nitrogens with zero attached hydrogens (tertiary/aromatic N) is 2. The van der Waals surface area contributed by atoms with E-state index < -0.39 is 28.9 Å². The standard InChI is InChI=1S/C23H19F4N5O.ClH/c24-17-10-14(32-7-5-28-6-8-32)11-18-20(17)31-22(30-18)19-9-13(12-29-19)21(33)15-3-1-2-4-16(15)23(25,26)27;/h1-4,9-12,28-29H,5-8H2,(H,30,31);1H. The van der Waals surface area contributed by atoms with Crippen molar-refractivity contribution in [1.29, 1.82) is 0 Å². The van der Waals surface area contributed by atoms with Crippen LogP contribution >= 0.6 is 12.4 Å². The predicted octanol–water partition coefficient (Wildman–Crippen LogP) is 4.78. The maximum atomic E-state index is 14.7. The number of piperazine rings is 1. The van der Waals surface area contributed by atoms with Crippen LogP contribution in [0.25, 0.3) is 22.6 Å². The molecule has 6 nitrogen and oxygen atoms in total. The molecule has 0 amide bonds. The SMILES string of the molecule is Cl.O=C(c1c[nH]c(-c2nc3c(F)cc(N4CCNCC4)cc3[nH]2)c1)c1ccccc1C(F)(F)F. The molecule has 11 heteroatoms. The molecule has 0 bridgehead atoms. The van der Waals surface area contributed by atoms with Gasteiger partial charge in [-0.1, -0.05) is 18.2 Å². The number of H-pyrrole nitrogens is 2. The van der Waals surface area contributed by atoms with Gasteiger partial charge in [0.1, 0.15) is 5.52 Å². The number of fused-ring (bicyclic) bond motifs is 1. The number of aromatic nitrogens is 3. The molecule has 34 heavy (non-hydrogen) atoms. The lowest BCUT2D eigenvalue weighted by Gasteiger charge is -2.29. The van der Waals surface area contributed by atoms with Crippen molar-refractivity contribution in [1.82, 2.24) is 20.3 Å². The second-order valence-electron chi connectivity index (χ2n) is 7.82. The van der Waals surface area contributed by atoms with Gasteiger partial charge in [0.15, 0.2) is 17.4 Å². The third-order valence-electron chi connectivity index (χ3n) is 5.68. The number of carbonyl (C=O) groups excluding carboxylic acids is 1. The van der Waals surface area contributed by atoms with Gasteiger partial charge in [-0.05, 0) is 24.3 Å². The number of hydrogen-bond acceptors (Lipinski definition) is 4. The molecular formula is C23H20ClF4N5O. The maximum absolute atomic E-state index is 14.7. The molecule has 0 atom stereocenters. The number of carbonyl (C=O) groups is 1. The molecule has 0 radical (unpaired) electrons. The van der Waals surface area contributed by atoms with E-state index in [1.165, 1.54) is 30.5 Å². The molecule has 0 unspecified atom stereocenters. The monoisotopic (exact) mass is 493 g/mol. The second-order valence-corrected chi connectivity index (χ2v) is 7.82. The van der Waals surface area contributed by atoms with Crippen LogP contribution in [0, 0.1) is 5.82 Å². The van der Waals surface area contributed by atoms with Crippen molar-refractivity contribution in [2.45, 2.75) is 6.18 Å². The van der Waals surface area contributed by atoms with Crippen LogP contribution in [0.15, 0.2) is 48.7 Å². The Balaban J connectivity index is 0.00000274. The largest absolute Gasteiger partial charge is 0.417 e. The Morgan fingerprint density at radius 1 is 1.06 bits per heavy atom. The average molecular weight is 494 g/mol. The highest BCUT2D eigenvalue weighted by molar-refractivity contribution is 6.10. The number of alkyl halides is 3. The maximum Gasteiger partial charge on any atom is 0.417 e. The minimum absolute atomic E-state index is 0. The Hall–Kier alpha value is -3.37. The normalized spacial score (nSPS) is 14.3. The smallest absolute Gasteiger partial charge is 0.369 e. The van der Waals surface area contributed by atoms with Crippen molar-refractivity contribution in [3.8, 4) is 11.5 Å². The summed E-state index contributed by atoms with van der Waals surface area (Å²) >= 11 is 0. The first-order valence-corrected chi connectivity index (χ1v) is 10.4. The summed E-state index contributed by atoms with van der Waals surface area (Å²) in [6, 6.07) is 9.30. The van der Waals surface area contributed by atoms with Gasteiger partial charge in [0.05, 0.1) is 16.8 Å². The van der Waals surface area contributed by atoms with Gasteiger partial charge in [-0.3, -0.25) is 4.79 Å². The molecule has 178 valence electrons. The summed E-state index contributed by atoms with van der Waals surface area (Å²) < 4.78 is 54.6. The van der Waals surface area contributed by atoms with Gasteiger partial charge in [-0.25, -0.2) is 9.37 Å². The van der Waals surface area contributed by atoms with Crippen LogP contribution in [-0.4, -0.2) is 46.9 Å². The highest BCUT2D eigenvalue weighted by atomic mass is 35.5. The van der Waals surface area contributed by atoms with Crippen molar-refractivity contribution in [2.75, 3.05) is 31.1 Å². The Labute approximate surface area is 197 Å². The number of aromatic amines is 2. The molecule has 3 heterocycles. The van der Waals surface area contributed by atoms with Crippen LogP contribution in [0.4, 0.5) is 23.2 Å². The molecule has 1 saturated heterocycles. The van der Waals surface area contributed by atoms with Crippen molar-refractivity contribution in [3.63, 3.8) is 0 Å². The fraction of sp³-hybridized carbons (Fsp3) is 0.217. The van der Waals surface area contributed by atoms with Crippen molar-refractivity contribution in [2.24, 2.45) is 0 Å². The summed E-state index contributed by atoms with van der Waals surface area (Å²) in [4.78, 5) is 25.0. The summed E-state index contributed by atoms with van der Waals surface area (Å²) in [6.07, 6.45) is -3.33. The zero-order valence-corrected chi connectivity index (χ0v) is 18.5. The third kappa shape index (κ3) is 4.38. The molecule has 3 N–H and O–H groups in total. The Morgan fingerprint density at radius 3 is 2.53 bits per heavy atom.